The second-order valence-electron chi connectivity index (χ2n) is 7.93. The molecule has 3 heterocycles. The Kier molecular flexibility index (Phi) is 7.14. The highest BCUT2D eigenvalue weighted by Crippen LogP contribution is 2.25. The average Bonchev–Trinajstić information content (AvgIpc) is 3.13. The molecular formula is C23H26FN5O3S. The van der Waals surface area contributed by atoms with E-state index in [1.807, 2.05) is 11.8 Å². The number of morpholine rings is 1. The number of amides is 1. The van der Waals surface area contributed by atoms with Crippen molar-refractivity contribution in [3.8, 4) is 0 Å². The Hall–Kier alpha value is -3.11. The molecule has 1 aliphatic rings. The van der Waals surface area contributed by atoms with Gasteiger partial charge in [-0.3, -0.25) is 14.6 Å². The third kappa shape index (κ3) is 5.82. The Balaban J connectivity index is 1.36. The SMILES string of the molecule is Cc1nc(NC(=O)CCc2c(C)nc(N3CCOCC3)[nH]c2=O)sc1Cc1ccc(F)cc1. The highest BCUT2D eigenvalue weighted by atomic mass is 32.1. The van der Waals surface area contributed by atoms with Crippen molar-refractivity contribution in [3.63, 3.8) is 0 Å². The van der Waals surface area contributed by atoms with Gasteiger partial charge < -0.3 is 15.0 Å². The number of nitrogens with one attached hydrogen (secondary N) is 2. The summed E-state index contributed by atoms with van der Waals surface area (Å²) in [5.74, 6) is 0.0572. The lowest BCUT2D eigenvalue weighted by molar-refractivity contribution is -0.116. The maximum absolute atomic E-state index is 13.1. The summed E-state index contributed by atoms with van der Waals surface area (Å²) in [6.45, 7) is 6.24. The number of carbonyl (C=O) groups excluding carboxylic acids is 1. The molecule has 0 unspecified atom stereocenters. The molecule has 8 nitrogen and oxygen atoms in total. The molecule has 1 aromatic carbocycles. The minimum atomic E-state index is -0.271. The van der Waals surface area contributed by atoms with Crippen LogP contribution in [0.25, 0.3) is 0 Å². The van der Waals surface area contributed by atoms with Crippen LogP contribution in [0.5, 0.6) is 0 Å². The molecule has 0 aliphatic carbocycles. The molecule has 1 aliphatic heterocycles. The first kappa shape index (κ1) is 23.1. The standard InChI is InChI=1S/C23H26FN5O3S/c1-14-18(21(31)28-22(25-14)29-9-11-32-12-10-29)7-8-20(30)27-23-26-15(2)19(33-23)13-16-3-5-17(24)6-4-16/h3-6H,7-13H2,1-2H3,(H,25,28,31)(H,26,27,30). The number of nitrogens with zero attached hydrogens (tertiary/aromatic N) is 3. The molecule has 4 rings (SSSR count). The monoisotopic (exact) mass is 471 g/mol. The maximum Gasteiger partial charge on any atom is 0.255 e. The van der Waals surface area contributed by atoms with Crippen LogP contribution in [0.15, 0.2) is 29.1 Å². The fourth-order valence-electron chi connectivity index (χ4n) is 3.67. The molecule has 1 fully saturated rings. The van der Waals surface area contributed by atoms with Crippen LogP contribution in [0.2, 0.25) is 0 Å². The normalized spacial score (nSPS) is 13.8. The van der Waals surface area contributed by atoms with E-state index in [2.05, 4.69) is 20.3 Å². The number of aryl methyl sites for hydroxylation is 2. The first-order valence-corrected chi connectivity index (χ1v) is 11.6. The van der Waals surface area contributed by atoms with Crippen LogP contribution in [-0.4, -0.2) is 47.2 Å². The molecule has 33 heavy (non-hydrogen) atoms. The van der Waals surface area contributed by atoms with E-state index in [1.54, 1.807) is 19.1 Å². The lowest BCUT2D eigenvalue weighted by atomic mass is 10.1. The van der Waals surface area contributed by atoms with Gasteiger partial charge in [-0.2, -0.15) is 0 Å². The van der Waals surface area contributed by atoms with Gasteiger partial charge in [0.05, 0.1) is 18.9 Å². The van der Waals surface area contributed by atoms with Gasteiger partial charge in [-0.15, -0.1) is 11.3 Å². The predicted octanol–water partition coefficient (Wildman–Crippen LogP) is 2.98. The van der Waals surface area contributed by atoms with E-state index < -0.39 is 0 Å². The number of aromatic amines is 1. The van der Waals surface area contributed by atoms with E-state index in [1.165, 1.54) is 23.5 Å². The summed E-state index contributed by atoms with van der Waals surface area (Å²) in [6, 6.07) is 6.34. The number of benzene rings is 1. The summed E-state index contributed by atoms with van der Waals surface area (Å²) >= 11 is 1.40. The van der Waals surface area contributed by atoms with Crippen LogP contribution in [0.1, 0.15) is 33.8 Å². The van der Waals surface area contributed by atoms with E-state index in [-0.39, 0.29) is 30.1 Å². The van der Waals surface area contributed by atoms with E-state index in [4.69, 9.17) is 4.74 Å². The van der Waals surface area contributed by atoms with Crippen molar-refractivity contribution in [1.82, 2.24) is 15.0 Å². The minimum absolute atomic E-state index is 0.147. The summed E-state index contributed by atoms with van der Waals surface area (Å²) in [5, 5.41) is 3.34. The molecule has 0 saturated carbocycles. The van der Waals surface area contributed by atoms with Gasteiger partial charge in [0.25, 0.3) is 5.56 Å². The van der Waals surface area contributed by atoms with Gasteiger partial charge in [-0.1, -0.05) is 12.1 Å². The average molecular weight is 472 g/mol. The number of hydrogen-bond acceptors (Lipinski definition) is 7. The molecule has 3 aromatic rings. The lowest BCUT2D eigenvalue weighted by Gasteiger charge is -2.27. The van der Waals surface area contributed by atoms with Crippen molar-refractivity contribution in [1.29, 1.82) is 0 Å². The van der Waals surface area contributed by atoms with Gasteiger partial charge in [0.15, 0.2) is 5.13 Å². The zero-order valence-corrected chi connectivity index (χ0v) is 19.4. The summed E-state index contributed by atoms with van der Waals surface area (Å²) in [6.07, 6.45) is 1.06. The zero-order valence-electron chi connectivity index (χ0n) is 18.6. The molecule has 1 saturated heterocycles. The van der Waals surface area contributed by atoms with Crippen molar-refractivity contribution < 1.29 is 13.9 Å². The lowest BCUT2D eigenvalue weighted by Crippen LogP contribution is -2.38. The number of ether oxygens (including phenoxy) is 1. The van der Waals surface area contributed by atoms with E-state index >= 15 is 0 Å². The molecular weight excluding hydrogens is 445 g/mol. The largest absolute Gasteiger partial charge is 0.378 e. The molecule has 1 amide bonds. The van der Waals surface area contributed by atoms with Crippen LogP contribution in [0.3, 0.4) is 0 Å². The summed E-state index contributed by atoms with van der Waals surface area (Å²) in [5.41, 5.74) is 2.72. The summed E-state index contributed by atoms with van der Waals surface area (Å²) in [7, 11) is 0. The van der Waals surface area contributed by atoms with Crippen molar-refractivity contribution in [3.05, 3.63) is 67.8 Å². The van der Waals surface area contributed by atoms with Gasteiger partial charge in [-0.05, 0) is 38.0 Å². The number of rotatable bonds is 7. The highest BCUT2D eigenvalue weighted by Gasteiger charge is 2.17. The highest BCUT2D eigenvalue weighted by molar-refractivity contribution is 7.15. The Morgan fingerprint density at radius 2 is 1.91 bits per heavy atom. The van der Waals surface area contributed by atoms with Crippen molar-refractivity contribution in [2.45, 2.75) is 33.1 Å². The van der Waals surface area contributed by atoms with E-state index in [9.17, 15) is 14.0 Å². The number of carbonyl (C=O) groups is 1. The third-order valence-electron chi connectivity index (χ3n) is 5.54. The van der Waals surface area contributed by atoms with Crippen molar-refractivity contribution in [2.75, 3.05) is 36.5 Å². The molecule has 2 N–H and O–H groups in total. The van der Waals surface area contributed by atoms with Crippen LogP contribution in [-0.2, 0) is 22.4 Å². The molecule has 0 atom stereocenters. The van der Waals surface area contributed by atoms with Gasteiger partial charge in [0, 0.05) is 42.1 Å². The number of halogens is 1. The van der Waals surface area contributed by atoms with E-state index in [0.29, 0.717) is 55.1 Å². The Morgan fingerprint density at radius 1 is 1.18 bits per heavy atom. The smallest absolute Gasteiger partial charge is 0.255 e. The number of thiazole rings is 1. The van der Waals surface area contributed by atoms with Crippen molar-refractivity contribution >= 4 is 28.3 Å². The van der Waals surface area contributed by atoms with E-state index in [0.717, 1.165) is 16.1 Å². The van der Waals surface area contributed by atoms with Crippen LogP contribution in [0, 0.1) is 19.7 Å². The first-order chi connectivity index (χ1) is 15.9. The molecule has 0 spiro atoms. The number of anilines is 2. The Morgan fingerprint density at radius 3 is 2.61 bits per heavy atom. The number of hydrogen-bond donors (Lipinski definition) is 2. The number of aromatic nitrogens is 3. The Bertz CT molecular complexity index is 1190. The first-order valence-electron chi connectivity index (χ1n) is 10.8. The molecule has 10 heteroatoms. The van der Waals surface area contributed by atoms with Gasteiger partial charge in [-0.25, -0.2) is 14.4 Å². The third-order valence-corrected chi connectivity index (χ3v) is 6.61. The second kappa shape index (κ2) is 10.2. The summed E-state index contributed by atoms with van der Waals surface area (Å²) < 4.78 is 18.5. The quantitative estimate of drug-likeness (QED) is 0.550. The van der Waals surface area contributed by atoms with Gasteiger partial charge in [0.1, 0.15) is 5.82 Å². The van der Waals surface area contributed by atoms with Crippen LogP contribution in [0.4, 0.5) is 15.5 Å². The summed E-state index contributed by atoms with van der Waals surface area (Å²) in [4.78, 5) is 39.9. The van der Waals surface area contributed by atoms with Gasteiger partial charge >= 0.3 is 0 Å². The van der Waals surface area contributed by atoms with Crippen LogP contribution < -0.4 is 15.8 Å². The topological polar surface area (TPSA) is 100 Å². The fraction of sp³-hybridized carbons (Fsp3) is 0.391. The predicted molar refractivity (Wildman–Crippen MR) is 126 cm³/mol. The van der Waals surface area contributed by atoms with Crippen molar-refractivity contribution in [2.24, 2.45) is 0 Å². The number of H-pyrrole nitrogens is 1. The zero-order chi connectivity index (χ0) is 23.4. The second-order valence-corrected chi connectivity index (χ2v) is 9.02. The minimum Gasteiger partial charge on any atom is -0.378 e. The van der Waals surface area contributed by atoms with Gasteiger partial charge in [0.2, 0.25) is 11.9 Å². The molecule has 174 valence electrons. The molecule has 2 aromatic heterocycles. The fourth-order valence-corrected chi connectivity index (χ4v) is 4.68. The Labute approximate surface area is 194 Å². The van der Waals surface area contributed by atoms with Crippen LogP contribution >= 0.6 is 11.3 Å². The maximum atomic E-state index is 13.1. The molecule has 0 radical (unpaired) electrons. The molecule has 0 bridgehead atoms.